The molecule has 0 spiro atoms. The molecular weight excluding hydrogens is 474 g/mol. The minimum Gasteiger partial charge on any atom is -0.311 e. The van der Waals surface area contributed by atoms with Gasteiger partial charge in [0.05, 0.1) is 13.1 Å². The second-order valence-electron chi connectivity index (χ2n) is 10.0. The molecule has 3 aromatic carbocycles. The quantitative estimate of drug-likeness (QED) is 0.136. The van der Waals surface area contributed by atoms with Crippen molar-refractivity contribution in [3.63, 3.8) is 0 Å². The van der Waals surface area contributed by atoms with Gasteiger partial charge in [0.2, 0.25) is 0 Å². The number of unbranched alkanes of at least 4 members (excludes halogenated alkanes) is 9. The summed E-state index contributed by atoms with van der Waals surface area (Å²) in [6.07, 6.45) is 21.3. The molecule has 0 N–H and O–H groups in total. The summed E-state index contributed by atoms with van der Waals surface area (Å²) in [4.78, 5) is 8.86. The third kappa shape index (κ3) is 10.3. The van der Waals surface area contributed by atoms with Gasteiger partial charge in [0.15, 0.2) is 12.4 Å². The molecule has 0 atom stereocenters. The van der Waals surface area contributed by atoms with Crippen LogP contribution in [0.4, 0.5) is 17.1 Å². The van der Waals surface area contributed by atoms with Gasteiger partial charge in [-0.2, -0.15) is 0 Å². The zero-order valence-electron chi connectivity index (χ0n) is 23.4. The van der Waals surface area contributed by atoms with Gasteiger partial charge in [-0.1, -0.05) is 113 Å². The van der Waals surface area contributed by atoms with Crippen LogP contribution in [0.25, 0.3) is 21.8 Å². The first kappa shape index (κ1) is 29.5. The van der Waals surface area contributed by atoms with E-state index in [-0.39, 0.29) is 0 Å². The normalized spacial score (nSPS) is 11.1. The lowest BCUT2D eigenvalue weighted by atomic mass is 10.0. The predicted octanol–water partition coefficient (Wildman–Crippen LogP) is 11.4. The molecule has 0 aliphatic carbocycles. The van der Waals surface area contributed by atoms with E-state index < -0.39 is 0 Å². The summed E-state index contributed by atoms with van der Waals surface area (Å²) in [5, 5.41) is 0. The predicted molar refractivity (Wildman–Crippen MR) is 168 cm³/mol. The Bertz CT molecular complexity index is 1170. The standard InChI is InChI=1S/C36H41N3/c1-4-5-6-7-8-9-10-11-12-13-14-31-15-21-34(22-16-31)39(35-23-17-32(18-24-35)27-29-37-2)36-25-19-33(20-26-36)28-30-38-3/h15-30H,4-14H2,1H3/b29-27-,30-28+. The summed E-state index contributed by atoms with van der Waals surface area (Å²) in [6, 6.07) is 25.5. The van der Waals surface area contributed by atoms with Gasteiger partial charge in [-0.3, -0.25) is 0 Å². The number of benzene rings is 3. The van der Waals surface area contributed by atoms with E-state index in [4.69, 9.17) is 13.1 Å². The molecule has 200 valence electrons. The molecule has 0 radical (unpaired) electrons. The molecule has 0 aromatic heterocycles. The van der Waals surface area contributed by atoms with E-state index in [0.717, 1.165) is 34.6 Å². The zero-order chi connectivity index (χ0) is 27.5. The van der Waals surface area contributed by atoms with E-state index in [2.05, 4.69) is 70.0 Å². The van der Waals surface area contributed by atoms with Crippen LogP contribution in [-0.4, -0.2) is 0 Å². The van der Waals surface area contributed by atoms with Gasteiger partial charge >= 0.3 is 0 Å². The number of hydrogen-bond donors (Lipinski definition) is 0. The average molecular weight is 516 g/mol. The van der Waals surface area contributed by atoms with Crippen molar-refractivity contribution >= 4 is 29.2 Å². The van der Waals surface area contributed by atoms with E-state index in [1.165, 1.54) is 82.2 Å². The molecule has 0 bridgehead atoms. The molecular formula is C36H41N3. The first-order chi connectivity index (χ1) is 19.2. The highest BCUT2D eigenvalue weighted by molar-refractivity contribution is 5.77. The van der Waals surface area contributed by atoms with Gasteiger partial charge in [-0.05, 0) is 65.9 Å². The maximum atomic E-state index is 6.98. The maximum absolute atomic E-state index is 6.98. The molecule has 0 aliphatic heterocycles. The molecule has 39 heavy (non-hydrogen) atoms. The first-order valence-corrected chi connectivity index (χ1v) is 14.4. The monoisotopic (exact) mass is 515 g/mol. The molecule has 3 rings (SSSR count). The molecule has 3 aromatic rings. The highest BCUT2D eigenvalue weighted by Gasteiger charge is 2.12. The SMILES string of the molecule is [C-]#[N+]/C=C\c1ccc(N(c2ccc(/C=C/[N+]#[C-])cc2)c2ccc(CCCCCCCCCCCC)cc2)cc1. The summed E-state index contributed by atoms with van der Waals surface area (Å²) in [5.74, 6) is 0. The molecule has 0 amide bonds. The Morgan fingerprint density at radius 2 is 0.923 bits per heavy atom. The smallest absolute Gasteiger partial charge is 0.154 e. The van der Waals surface area contributed by atoms with Crippen molar-refractivity contribution in [2.75, 3.05) is 4.90 Å². The Hall–Kier alpha value is -4.08. The fourth-order valence-corrected chi connectivity index (χ4v) is 4.79. The van der Waals surface area contributed by atoms with Crippen molar-refractivity contribution in [1.82, 2.24) is 0 Å². The second-order valence-corrected chi connectivity index (χ2v) is 10.0. The van der Waals surface area contributed by atoms with E-state index in [0.29, 0.717) is 0 Å². The zero-order valence-corrected chi connectivity index (χ0v) is 23.4. The van der Waals surface area contributed by atoms with Crippen LogP contribution in [0.1, 0.15) is 87.8 Å². The van der Waals surface area contributed by atoms with Gasteiger partial charge in [0, 0.05) is 17.1 Å². The first-order valence-electron chi connectivity index (χ1n) is 14.4. The van der Waals surface area contributed by atoms with Gasteiger partial charge in [0.1, 0.15) is 0 Å². The van der Waals surface area contributed by atoms with Crippen molar-refractivity contribution in [1.29, 1.82) is 0 Å². The van der Waals surface area contributed by atoms with E-state index >= 15 is 0 Å². The lowest BCUT2D eigenvalue weighted by Gasteiger charge is -2.26. The molecule has 3 nitrogen and oxygen atoms in total. The number of anilines is 3. The van der Waals surface area contributed by atoms with E-state index in [1.807, 2.05) is 36.4 Å². The van der Waals surface area contributed by atoms with E-state index in [9.17, 15) is 0 Å². The van der Waals surface area contributed by atoms with Gasteiger partial charge in [-0.15, -0.1) is 0 Å². The fraction of sp³-hybridized carbons (Fsp3) is 0.333. The van der Waals surface area contributed by atoms with Crippen molar-refractivity contribution in [3.05, 3.63) is 125 Å². The molecule has 0 saturated carbocycles. The van der Waals surface area contributed by atoms with Crippen LogP contribution >= 0.6 is 0 Å². The molecule has 3 heteroatoms. The Kier molecular flexibility index (Phi) is 13.2. The Balaban J connectivity index is 1.64. The molecule has 0 heterocycles. The summed E-state index contributed by atoms with van der Waals surface area (Å²) in [7, 11) is 0. The minimum absolute atomic E-state index is 1.00. The Labute approximate surface area is 236 Å². The van der Waals surface area contributed by atoms with Crippen molar-refractivity contribution in [2.24, 2.45) is 0 Å². The third-order valence-corrected chi connectivity index (χ3v) is 7.00. The highest BCUT2D eigenvalue weighted by atomic mass is 15.1. The topological polar surface area (TPSA) is 12.0 Å². The second kappa shape index (κ2) is 17.4. The van der Waals surface area contributed by atoms with Crippen LogP contribution in [0.5, 0.6) is 0 Å². The number of hydrogen-bond acceptors (Lipinski definition) is 1. The van der Waals surface area contributed by atoms with Crippen LogP contribution in [-0.2, 0) is 6.42 Å². The third-order valence-electron chi connectivity index (χ3n) is 7.00. The van der Waals surface area contributed by atoms with Crippen LogP contribution in [0.15, 0.2) is 85.2 Å². The number of rotatable bonds is 16. The summed E-state index contributed by atoms with van der Waals surface area (Å²) < 4.78 is 0. The highest BCUT2D eigenvalue weighted by Crippen LogP contribution is 2.35. The molecule has 0 unspecified atom stereocenters. The Morgan fingerprint density at radius 3 is 1.33 bits per heavy atom. The average Bonchev–Trinajstić information content (AvgIpc) is 2.98. The number of nitrogens with zero attached hydrogens (tertiary/aromatic N) is 3. The molecule has 0 fully saturated rings. The van der Waals surface area contributed by atoms with Crippen molar-refractivity contribution in [3.8, 4) is 0 Å². The lowest BCUT2D eigenvalue weighted by Crippen LogP contribution is -2.10. The minimum atomic E-state index is 1.00. The van der Waals surface area contributed by atoms with Crippen molar-refractivity contribution < 1.29 is 0 Å². The van der Waals surface area contributed by atoms with Crippen LogP contribution in [0.3, 0.4) is 0 Å². The molecule has 0 saturated heterocycles. The van der Waals surface area contributed by atoms with Gasteiger partial charge in [-0.25, -0.2) is 9.69 Å². The van der Waals surface area contributed by atoms with Gasteiger partial charge < -0.3 is 4.90 Å². The van der Waals surface area contributed by atoms with E-state index in [1.54, 1.807) is 0 Å². The van der Waals surface area contributed by atoms with Crippen LogP contribution in [0, 0.1) is 13.1 Å². The maximum Gasteiger partial charge on any atom is 0.154 e. The Morgan fingerprint density at radius 1 is 0.538 bits per heavy atom. The fourth-order valence-electron chi connectivity index (χ4n) is 4.79. The summed E-state index contributed by atoms with van der Waals surface area (Å²) in [6.45, 7) is 16.2. The summed E-state index contributed by atoms with van der Waals surface area (Å²) >= 11 is 0. The van der Waals surface area contributed by atoms with Crippen LogP contribution in [0.2, 0.25) is 0 Å². The lowest BCUT2D eigenvalue weighted by molar-refractivity contribution is 0.556. The molecule has 0 aliphatic rings. The summed E-state index contributed by atoms with van der Waals surface area (Å²) in [5.41, 5.74) is 6.61. The largest absolute Gasteiger partial charge is 0.311 e. The number of aryl methyl sites for hydroxylation is 1. The van der Waals surface area contributed by atoms with Crippen molar-refractivity contribution in [2.45, 2.75) is 77.6 Å². The van der Waals surface area contributed by atoms with Crippen LogP contribution < -0.4 is 4.90 Å². The van der Waals surface area contributed by atoms with Gasteiger partial charge in [0.25, 0.3) is 0 Å².